The van der Waals surface area contributed by atoms with E-state index < -0.39 is 0 Å². The molecule has 0 aliphatic carbocycles. The zero-order valence-electron chi connectivity index (χ0n) is 11.9. The molecular formula is C14H27N3O. The Hall–Kier alpha value is -0.610. The van der Waals surface area contributed by atoms with Crippen LogP contribution in [0.5, 0.6) is 0 Å². The van der Waals surface area contributed by atoms with Crippen LogP contribution in [0.2, 0.25) is 0 Å². The van der Waals surface area contributed by atoms with Gasteiger partial charge in [-0.1, -0.05) is 0 Å². The van der Waals surface area contributed by atoms with Gasteiger partial charge in [0.1, 0.15) is 0 Å². The Bertz CT molecular complexity index is 279. The van der Waals surface area contributed by atoms with Crippen molar-refractivity contribution in [2.45, 2.75) is 32.1 Å². The van der Waals surface area contributed by atoms with Gasteiger partial charge in [-0.15, -0.1) is 0 Å². The van der Waals surface area contributed by atoms with E-state index in [0.717, 1.165) is 6.54 Å². The molecular weight excluding hydrogens is 226 g/mol. The predicted molar refractivity (Wildman–Crippen MR) is 73.5 cm³/mol. The van der Waals surface area contributed by atoms with Crippen LogP contribution >= 0.6 is 0 Å². The monoisotopic (exact) mass is 253 g/mol. The van der Waals surface area contributed by atoms with Gasteiger partial charge < -0.3 is 15.1 Å². The summed E-state index contributed by atoms with van der Waals surface area (Å²) in [6, 6.07) is 0. The van der Waals surface area contributed by atoms with E-state index >= 15 is 0 Å². The van der Waals surface area contributed by atoms with E-state index in [9.17, 15) is 4.79 Å². The summed E-state index contributed by atoms with van der Waals surface area (Å²) < 4.78 is 0. The van der Waals surface area contributed by atoms with Crippen LogP contribution in [0.15, 0.2) is 0 Å². The molecule has 4 heteroatoms. The second kappa shape index (κ2) is 6.02. The lowest BCUT2D eigenvalue weighted by atomic mass is 9.74. The van der Waals surface area contributed by atoms with Crippen LogP contribution in [0.4, 0.5) is 0 Å². The summed E-state index contributed by atoms with van der Waals surface area (Å²) in [4.78, 5) is 15.8. The van der Waals surface area contributed by atoms with E-state index in [1.807, 2.05) is 14.1 Å². The summed E-state index contributed by atoms with van der Waals surface area (Å²) in [7, 11) is 3.68. The molecule has 2 heterocycles. The van der Waals surface area contributed by atoms with Gasteiger partial charge in [-0.2, -0.15) is 0 Å². The van der Waals surface area contributed by atoms with Crippen molar-refractivity contribution in [1.82, 2.24) is 15.1 Å². The van der Waals surface area contributed by atoms with Gasteiger partial charge in [0.25, 0.3) is 0 Å². The second-order valence-electron chi connectivity index (χ2n) is 6.20. The van der Waals surface area contributed by atoms with Crippen molar-refractivity contribution in [3.63, 3.8) is 0 Å². The van der Waals surface area contributed by atoms with Crippen LogP contribution in [-0.2, 0) is 4.79 Å². The maximum Gasteiger partial charge on any atom is 0.223 e. The lowest BCUT2D eigenvalue weighted by Crippen LogP contribution is -2.51. The Morgan fingerprint density at radius 1 is 1.33 bits per heavy atom. The normalized spacial score (nSPS) is 29.4. The predicted octanol–water partition coefficient (Wildman–Crippen LogP) is 0.930. The van der Waals surface area contributed by atoms with E-state index in [2.05, 4.69) is 10.2 Å². The van der Waals surface area contributed by atoms with Crippen molar-refractivity contribution in [3.8, 4) is 0 Å². The van der Waals surface area contributed by atoms with Gasteiger partial charge in [0.15, 0.2) is 0 Å². The van der Waals surface area contributed by atoms with Gasteiger partial charge in [-0.3, -0.25) is 4.79 Å². The number of rotatable bonds is 3. The summed E-state index contributed by atoms with van der Waals surface area (Å²) in [5.74, 6) is 0.247. The SMILES string of the molecule is CN(C)C(=O)CCN1CCCC2(CCCNC2)C1. The summed E-state index contributed by atoms with van der Waals surface area (Å²) >= 11 is 0. The van der Waals surface area contributed by atoms with Gasteiger partial charge in [0.2, 0.25) is 5.91 Å². The Morgan fingerprint density at radius 3 is 2.78 bits per heavy atom. The first-order valence-corrected chi connectivity index (χ1v) is 7.25. The minimum Gasteiger partial charge on any atom is -0.349 e. The highest BCUT2D eigenvalue weighted by Gasteiger charge is 2.36. The number of piperidine rings is 2. The Balaban J connectivity index is 1.81. The van der Waals surface area contributed by atoms with Gasteiger partial charge in [-0.25, -0.2) is 0 Å². The van der Waals surface area contributed by atoms with Crippen LogP contribution in [0, 0.1) is 5.41 Å². The van der Waals surface area contributed by atoms with Crippen molar-refractivity contribution in [1.29, 1.82) is 0 Å². The molecule has 2 aliphatic rings. The lowest BCUT2D eigenvalue weighted by Gasteiger charge is -2.45. The van der Waals surface area contributed by atoms with Crippen LogP contribution in [-0.4, -0.2) is 62.5 Å². The number of carbonyl (C=O) groups is 1. The number of nitrogens with one attached hydrogen (secondary N) is 1. The largest absolute Gasteiger partial charge is 0.349 e. The van der Waals surface area contributed by atoms with Crippen LogP contribution in [0.1, 0.15) is 32.1 Å². The number of nitrogens with zero attached hydrogens (tertiary/aromatic N) is 2. The van der Waals surface area contributed by atoms with Gasteiger partial charge in [0.05, 0.1) is 0 Å². The molecule has 2 saturated heterocycles. The van der Waals surface area contributed by atoms with Crippen molar-refractivity contribution in [2.24, 2.45) is 5.41 Å². The van der Waals surface area contributed by atoms with Gasteiger partial charge in [-0.05, 0) is 44.2 Å². The van der Waals surface area contributed by atoms with E-state index in [1.165, 1.54) is 51.9 Å². The molecule has 1 atom stereocenters. The van der Waals surface area contributed by atoms with Gasteiger partial charge >= 0.3 is 0 Å². The Kier molecular flexibility index (Phi) is 4.62. The van der Waals surface area contributed by atoms with Crippen molar-refractivity contribution in [2.75, 3.05) is 46.8 Å². The molecule has 0 aromatic rings. The number of likely N-dealkylation sites (tertiary alicyclic amines) is 1. The molecule has 1 unspecified atom stereocenters. The van der Waals surface area contributed by atoms with Crippen molar-refractivity contribution in [3.05, 3.63) is 0 Å². The van der Waals surface area contributed by atoms with Gasteiger partial charge in [0, 0.05) is 40.2 Å². The van der Waals surface area contributed by atoms with E-state index in [4.69, 9.17) is 0 Å². The molecule has 4 nitrogen and oxygen atoms in total. The summed E-state index contributed by atoms with van der Waals surface area (Å²) in [5.41, 5.74) is 0.498. The zero-order chi connectivity index (χ0) is 13.0. The number of carbonyl (C=O) groups excluding carboxylic acids is 1. The second-order valence-corrected chi connectivity index (χ2v) is 6.20. The molecule has 0 aromatic heterocycles. The van der Waals surface area contributed by atoms with E-state index in [1.54, 1.807) is 4.90 Å². The minimum atomic E-state index is 0.247. The average molecular weight is 253 g/mol. The quantitative estimate of drug-likeness (QED) is 0.813. The molecule has 2 aliphatic heterocycles. The molecule has 2 fully saturated rings. The maximum absolute atomic E-state index is 11.6. The highest BCUT2D eigenvalue weighted by Crippen LogP contribution is 2.35. The molecule has 0 saturated carbocycles. The highest BCUT2D eigenvalue weighted by atomic mass is 16.2. The molecule has 2 rings (SSSR count). The highest BCUT2D eigenvalue weighted by molar-refractivity contribution is 5.75. The smallest absolute Gasteiger partial charge is 0.223 e. The zero-order valence-corrected chi connectivity index (χ0v) is 11.9. The van der Waals surface area contributed by atoms with E-state index in [-0.39, 0.29) is 5.91 Å². The average Bonchev–Trinajstić information content (AvgIpc) is 2.37. The standard InChI is InChI=1S/C14H27N3O/c1-16(2)13(18)5-10-17-9-4-7-14(12-17)6-3-8-15-11-14/h15H,3-12H2,1-2H3. The first-order chi connectivity index (χ1) is 8.61. The first kappa shape index (κ1) is 13.8. The molecule has 0 aromatic carbocycles. The third kappa shape index (κ3) is 3.45. The maximum atomic E-state index is 11.6. The Morgan fingerprint density at radius 2 is 2.11 bits per heavy atom. The molecule has 1 amide bonds. The molecule has 1 spiro atoms. The van der Waals surface area contributed by atoms with Crippen molar-refractivity contribution >= 4 is 5.91 Å². The summed E-state index contributed by atoms with van der Waals surface area (Å²) in [6.45, 7) is 5.63. The lowest BCUT2D eigenvalue weighted by molar-refractivity contribution is -0.129. The van der Waals surface area contributed by atoms with Crippen LogP contribution in [0.3, 0.4) is 0 Å². The molecule has 0 radical (unpaired) electrons. The fourth-order valence-corrected chi connectivity index (χ4v) is 3.36. The minimum absolute atomic E-state index is 0.247. The fraction of sp³-hybridized carbons (Fsp3) is 0.929. The molecule has 104 valence electrons. The summed E-state index contributed by atoms with van der Waals surface area (Å²) in [6.07, 6.45) is 5.98. The number of hydrogen-bond donors (Lipinski definition) is 1. The number of amides is 1. The Labute approximate surface area is 111 Å². The fourth-order valence-electron chi connectivity index (χ4n) is 3.36. The topological polar surface area (TPSA) is 35.6 Å². The summed E-state index contributed by atoms with van der Waals surface area (Å²) in [5, 5.41) is 3.55. The van der Waals surface area contributed by atoms with Crippen LogP contribution < -0.4 is 5.32 Å². The molecule has 1 N–H and O–H groups in total. The first-order valence-electron chi connectivity index (χ1n) is 7.25. The van der Waals surface area contributed by atoms with E-state index in [0.29, 0.717) is 11.8 Å². The third-order valence-corrected chi connectivity index (χ3v) is 4.44. The van der Waals surface area contributed by atoms with Crippen LogP contribution in [0.25, 0.3) is 0 Å². The molecule has 0 bridgehead atoms. The third-order valence-electron chi connectivity index (χ3n) is 4.44. The van der Waals surface area contributed by atoms with Crippen molar-refractivity contribution < 1.29 is 4.79 Å². The molecule has 18 heavy (non-hydrogen) atoms. The number of hydrogen-bond acceptors (Lipinski definition) is 3.